The van der Waals surface area contributed by atoms with Gasteiger partial charge in [-0.3, -0.25) is 4.98 Å². The maximum atomic E-state index is 8.49. The lowest BCUT2D eigenvalue weighted by Gasteiger charge is -2.06. The third kappa shape index (κ3) is 3.03. The summed E-state index contributed by atoms with van der Waals surface area (Å²) in [7, 11) is 0. The largest absolute Gasteiger partial charge is 0.474 e. The predicted octanol–water partition coefficient (Wildman–Crippen LogP) is 2.27. The van der Waals surface area contributed by atoms with Crippen LogP contribution >= 0.6 is 15.9 Å². The number of halogens is 1. The highest BCUT2D eigenvalue weighted by molar-refractivity contribution is 9.08. The van der Waals surface area contributed by atoms with E-state index in [1.165, 1.54) is 0 Å². The molecule has 0 aromatic carbocycles. The zero-order chi connectivity index (χ0) is 9.68. The van der Waals surface area contributed by atoms with Crippen LogP contribution in [0.2, 0.25) is 0 Å². The second-order valence-electron chi connectivity index (χ2n) is 2.51. The molecule has 0 amide bonds. The predicted molar refractivity (Wildman–Crippen MR) is 52.6 cm³/mol. The maximum Gasteiger partial charge on any atom is 0.181 e. The van der Waals surface area contributed by atoms with E-state index in [1.807, 2.05) is 12.1 Å². The summed E-state index contributed by atoms with van der Waals surface area (Å²) < 4.78 is 5.22. The molecule has 3 nitrogen and oxygen atoms in total. The average Bonchev–Trinajstić information content (AvgIpc) is 2.19. The van der Waals surface area contributed by atoms with Crippen molar-refractivity contribution in [1.82, 2.24) is 4.98 Å². The summed E-state index contributed by atoms with van der Waals surface area (Å²) in [5.74, 6) is 0.624. The average molecular weight is 241 g/mol. The fourth-order valence-electron chi connectivity index (χ4n) is 0.790. The molecule has 0 aliphatic rings. The Kier molecular flexibility index (Phi) is 3.71. The number of ether oxygens (including phenoxy) is 1. The lowest BCUT2D eigenvalue weighted by atomic mass is 10.3. The van der Waals surface area contributed by atoms with Gasteiger partial charge in [0.05, 0.1) is 11.9 Å². The van der Waals surface area contributed by atoms with Crippen LogP contribution in [0.15, 0.2) is 18.3 Å². The van der Waals surface area contributed by atoms with Gasteiger partial charge >= 0.3 is 0 Å². The highest BCUT2D eigenvalue weighted by Gasteiger charge is 2.01. The van der Waals surface area contributed by atoms with Crippen molar-refractivity contribution < 1.29 is 4.74 Å². The molecule has 1 unspecified atom stereocenters. The molecule has 0 bridgehead atoms. The van der Waals surface area contributed by atoms with Crippen LogP contribution in [-0.2, 0) is 5.33 Å². The SMILES string of the molecule is CC(C#N)Oc1ccc(CBr)nc1. The van der Waals surface area contributed by atoms with E-state index >= 15 is 0 Å². The van der Waals surface area contributed by atoms with Gasteiger partial charge in [-0.1, -0.05) is 15.9 Å². The Morgan fingerprint density at radius 3 is 2.92 bits per heavy atom. The Bertz CT molecular complexity index is 304. The molecule has 1 heterocycles. The maximum absolute atomic E-state index is 8.49. The van der Waals surface area contributed by atoms with Gasteiger partial charge < -0.3 is 4.74 Å². The number of aromatic nitrogens is 1. The molecule has 0 aliphatic heterocycles. The van der Waals surface area contributed by atoms with Crippen LogP contribution in [-0.4, -0.2) is 11.1 Å². The minimum Gasteiger partial charge on any atom is -0.474 e. The van der Waals surface area contributed by atoms with Gasteiger partial charge in [-0.05, 0) is 19.1 Å². The van der Waals surface area contributed by atoms with Gasteiger partial charge in [-0.15, -0.1) is 0 Å². The Labute approximate surface area is 85.5 Å². The van der Waals surface area contributed by atoms with Gasteiger partial charge in [0.1, 0.15) is 11.8 Å². The molecule has 1 aromatic rings. The van der Waals surface area contributed by atoms with E-state index in [4.69, 9.17) is 10.00 Å². The highest BCUT2D eigenvalue weighted by Crippen LogP contribution is 2.12. The normalized spacial score (nSPS) is 11.8. The number of hydrogen-bond acceptors (Lipinski definition) is 3. The van der Waals surface area contributed by atoms with Crippen LogP contribution in [0, 0.1) is 11.3 Å². The van der Waals surface area contributed by atoms with Gasteiger partial charge in [0.25, 0.3) is 0 Å². The molecule has 13 heavy (non-hydrogen) atoms. The Hall–Kier alpha value is -1.08. The Morgan fingerprint density at radius 1 is 1.69 bits per heavy atom. The van der Waals surface area contributed by atoms with Crippen LogP contribution in [0.5, 0.6) is 5.75 Å². The highest BCUT2D eigenvalue weighted by atomic mass is 79.9. The topological polar surface area (TPSA) is 45.9 Å². The zero-order valence-electron chi connectivity index (χ0n) is 7.20. The van der Waals surface area contributed by atoms with Crippen molar-refractivity contribution in [3.63, 3.8) is 0 Å². The fourth-order valence-corrected chi connectivity index (χ4v) is 1.12. The summed E-state index contributed by atoms with van der Waals surface area (Å²) in [6.07, 6.45) is 1.18. The van der Waals surface area contributed by atoms with Gasteiger partial charge in [-0.2, -0.15) is 5.26 Å². The minimum atomic E-state index is -0.434. The van der Waals surface area contributed by atoms with Crippen molar-refractivity contribution >= 4 is 15.9 Å². The van der Waals surface area contributed by atoms with Crippen molar-refractivity contribution in [2.24, 2.45) is 0 Å². The molecule has 68 valence electrons. The van der Waals surface area contributed by atoms with Gasteiger partial charge in [0.15, 0.2) is 6.10 Å². The molecule has 0 saturated carbocycles. The molecular weight excluding hydrogens is 232 g/mol. The molecule has 1 aromatic heterocycles. The molecule has 0 spiro atoms. The smallest absolute Gasteiger partial charge is 0.181 e. The molecule has 1 atom stereocenters. The number of alkyl halides is 1. The molecule has 0 N–H and O–H groups in total. The lowest BCUT2D eigenvalue weighted by Crippen LogP contribution is -2.08. The lowest BCUT2D eigenvalue weighted by molar-refractivity contribution is 0.275. The molecule has 0 fully saturated rings. The van der Waals surface area contributed by atoms with Crippen LogP contribution in [0.4, 0.5) is 0 Å². The van der Waals surface area contributed by atoms with Crippen molar-refractivity contribution in [1.29, 1.82) is 5.26 Å². The fraction of sp³-hybridized carbons (Fsp3) is 0.333. The van der Waals surface area contributed by atoms with Crippen LogP contribution in [0.25, 0.3) is 0 Å². The van der Waals surface area contributed by atoms with E-state index in [-0.39, 0.29) is 0 Å². The summed E-state index contributed by atoms with van der Waals surface area (Å²) >= 11 is 3.29. The number of nitrogens with zero attached hydrogens (tertiary/aromatic N) is 2. The third-order valence-electron chi connectivity index (χ3n) is 1.43. The third-order valence-corrected chi connectivity index (χ3v) is 2.00. The van der Waals surface area contributed by atoms with Crippen LogP contribution in [0.1, 0.15) is 12.6 Å². The zero-order valence-corrected chi connectivity index (χ0v) is 8.78. The van der Waals surface area contributed by atoms with Crippen molar-refractivity contribution in [2.75, 3.05) is 0 Å². The molecular formula is C9H9BrN2O. The summed E-state index contributed by atoms with van der Waals surface area (Å²) in [5.41, 5.74) is 0.942. The van der Waals surface area contributed by atoms with E-state index in [1.54, 1.807) is 19.2 Å². The van der Waals surface area contributed by atoms with Crippen molar-refractivity contribution in [2.45, 2.75) is 18.4 Å². The second-order valence-corrected chi connectivity index (χ2v) is 3.07. The number of pyridine rings is 1. The Balaban J connectivity index is 2.65. The first-order chi connectivity index (χ1) is 6.26. The monoisotopic (exact) mass is 240 g/mol. The molecule has 4 heteroatoms. The number of nitriles is 1. The second kappa shape index (κ2) is 4.83. The van der Waals surface area contributed by atoms with E-state index in [0.717, 1.165) is 11.0 Å². The number of rotatable bonds is 3. The first-order valence-corrected chi connectivity index (χ1v) is 4.95. The first-order valence-electron chi connectivity index (χ1n) is 3.83. The van der Waals surface area contributed by atoms with Gasteiger partial charge in [0, 0.05) is 5.33 Å². The molecule has 0 saturated heterocycles. The van der Waals surface area contributed by atoms with Crippen molar-refractivity contribution in [3.8, 4) is 11.8 Å². The van der Waals surface area contributed by atoms with Crippen LogP contribution < -0.4 is 4.74 Å². The summed E-state index contributed by atoms with van der Waals surface area (Å²) in [5, 5.41) is 9.22. The molecule has 0 radical (unpaired) electrons. The van der Waals surface area contributed by atoms with Crippen LogP contribution in [0.3, 0.4) is 0 Å². The van der Waals surface area contributed by atoms with Crippen molar-refractivity contribution in [3.05, 3.63) is 24.0 Å². The standard InChI is InChI=1S/C9H9BrN2O/c1-7(5-11)13-9-3-2-8(4-10)12-6-9/h2-3,6-7H,4H2,1H3. The number of hydrogen-bond donors (Lipinski definition) is 0. The Morgan fingerprint density at radius 2 is 2.46 bits per heavy atom. The molecule has 0 aliphatic carbocycles. The summed E-state index contributed by atoms with van der Waals surface area (Å²) in [6, 6.07) is 5.64. The van der Waals surface area contributed by atoms with E-state index in [0.29, 0.717) is 5.75 Å². The summed E-state index contributed by atoms with van der Waals surface area (Å²) in [6.45, 7) is 1.69. The molecule has 1 rings (SSSR count). The van der Waals surface area contributed by atoms with Gasteiger partial charge in [0.2, 0.25) is 0 Å². The van der Waals surface area contributed by atoms with E-state index in [2.05, 4.69) is 20.9 Å². The van der Waals surface area contributed by atoms with E-state index in [9.17, 15) is 0 Å². The quantitative estimate of drug-likeness (QED) is 0.762. The minimum absolute atomic E-state index is 0.434. The van der Waals surface area contributed by atoms with E-state index < -0.39 is 6.10 Å². The van der Waals surface area contributed by atoms with Gasteiger partial charge in [-0.25, -0.2) is 0 Å². The summed E-state index contributed by atoms with van der Waals surface area (Å²) in [4.78, 5) is 4.10. The first kappa shape index (κ1) is 10.0.